The second kappa shape index (κ2) is 7.66. The van der Waals surface area contributed by atoms with Crippen LogP contribution in [0.15, 0.2) is 18.3 Å². The lowest BCUT2D eigenvalue weighted by atomic mass is 9.86. The second-order valence-corrected chi connectivity index (χ2v) is 7.00. The molecule has 2 aliphatic rings. The number of pyridine rings is 1. The van der Waals surface area contributed by atoms with Crippen molar-refractivity contribution in [2.24, 2.45) is 0 Å². The topological polar surface area (TPSA) is 48.9 Å². The van der Waals surface area contributed by atoms with E-state index in [1.807, 2.05) is 9.80 Å². The number of rotatable bonds is 4. The lowest BCUT2D eigenvalue weighted by molar-refractivity contribution is -0.131. The van der Waals surface area contributed by atoms with Gasteiger partial charge in [0.1, 0.15) is 0 Å². The summed E-state index contributed by atoms with van der Waals surface area (Å²) in [6.07, 6.45) is 3.82. The van der Waals surface area contributed by atoms with E-state index in [0.717, 1.165) is 25.9 Å². The Morgan fingerprint density at radius 3 is 2.92 bits per heavy atom. The first-order chi connectivity index (χ1) is 12.1. The number of carbonyl (C=O) groups is 1. The molecule has 2 fully saturated rings. The molecule has 2 saturated heterocycles. The van der Waals surface area contributed by atoms with Gasteiger partial charge in [0.2, 0.25) is 5.91 Å². The van der Waals surface area contributed by atoms with Crippen LogP contribution >= 0.6 is 0 Å². The number of piperazine rings is 1. The van der Waals surface area contributed by atoms with Crippen LogP contribution in [0.25, 0.3) is 0 Å². The number of amides is 1. The summed E-state index contributed by atoms with van der Waals surface area (Å²) in [5.41, 5.74) is -0.125. The van der Waals surface area contributed by atoms with Gasteiger partial charge in [-0.05, 0) is 32.0 Å². The van der Waals surface area contributed by atoms with Crippen LogP contribution in [0.3, 0.4) is 0 Å². The normalized spacial score (nSPS) is 25.5. The fraction of sp³-hybridized carbons (Fsp3) is 0.667. The van der Waals surface area contributed by atoms with E-state index in [4.69, 9.17) is 4.74 Å². The van der Waals surface area contributed by atoms with Gasteiger partial charge in [-0.15, -0.1) is 0 Å². The van der Waals surface area contributed by atoms with E-state index in [9.17, 15) is 9.18 Å². The minimum atomic E-state index is -0.284. The van der Waals surface area contributed by atoms with Crippen molar-refractivity contribution < 1.29 is 13.9 Å². The number of likely N-dealkylation sites (tertiary alicyclic amines) is 1. The van der Waals surface area contributed by atoms with Crippen molar-refractivity contribution >= 4 is 11.7 Å². The molecule has 1 aromatic heterocycles. The molecule has 0 unspecified atom stereocenters. The summed E-state index contributed by atoms with van der Waals surface area (Å²) < 4.78 is 19.3. The fourth-order valence-corrected chi connectivity index (χ4v) is 3.92. The van der Waals surface area contributed by atoms with Gasteiger partial charge < -0.3 is 14.5 Å². The number of hydrogen-bond acceptors (Lipinski definition) is 5. The van der Waals surface area contributed by atoms with Crippen molar-refractivity contribution in [1.82, 2.24) is 14.8 Å². The van der Waals surface area contributed by atoms with Gasteiger partial charge >= 0.3 is 0 Å². The van der Waals surface area contributed by atoms with Crippen LogP contribution in [0.4, 0.5) is 10.2 Å². The highest BCUT2D eigenvalue weighted by molar-refractivity contribution is 5.76. The maximum Gasteiger partial charge on any atom is 0.222 e. The van der Waals surface area contributed by atoms with Crippen LogP contribution in [-0.4, -0.2) is 79.7 Å². The van der Waals surface area contributed by atoms with Crippen LogP contribution in [0.5, 0.6) is 0 Å². The highest BCUT2D eigenvalue weighted by Gasteiger charge is 2.42. The molecule has 25 heavy (non-hydrogen) atoms. The summed E-state index contributed by atoms with van der Waals surface area (Å²) in [4.78, 5) is 22.9. The number of methoxy groups -OCH3 is 1. The number of halogens is 1. The molecule has 0 aliphatic carbocycles. The smallest absolute Gasteiger partial charge is 0.222 e. The maximum atomic E-state index is 14.2. The zero-order chi connectivity index (χ0) is 17.9. The molecule has 7 heteroatoms. The standard InChI is InChI=1S/C18H27FN4O2/c1-21-10-11-23(17-15(19)4-3-8-20-17)14-18(21)6-5-16(24)22(9-7-18)12-13-25-2/h3-4,8H,5-7,9-14H2,1-2H3/t18-/m1/s1. The Kier molecular flexibility index (Phi) is 5.54. The summed E-state index contributed by atoms with van der Waals surface area (Å²) in [5.74, 6) is 0.318. The van der Waals surface area contributed by atoms with Crippen molar-refractivity contribution in [3.63, 3.8) is 0 Å². The lowest BCUT2D eigenvalue weighted by Crippen LogP contribution is -2.61. The number of hydrogen-bond donors (Lipinski definition) is 0. The Bertz CT molecular complexity index is 614. The first-order valence-electron chi connectivity index (χ1n) is 8.89. The van der Waals surface area contributed by atoms with E-state index in [1.54, 1.807) is 19.4 Å². The van der Waals surface area contributed by atoms with Crippen LogP contribution in [0.2, 0.25) is 0 Å². The Labute approximate surface area is 148 Å². The van der Waals surface area contributed by atoms with Crippen LogP contribution in [0.1, 0.15) is 19.3 Å². The van der Waals surface area contributed by atoms with Crippen LogP contribution < -0.4 is 4.90 Å². The third kappa shape index (κ3) is 3.77. The quantitative estimate of drug-likeness (QED) is 0.821. The van der Waals surface area contributed by atoms with E-state index in [2.05, 4.69) is 16.9 Å². The number of nitrogens with zero attached hydrogens (tertiary/aromatic N) is 4. The lowest BCUT2D eigenvalue weighted by Gasteiger charge is -2.49. The average Bonchev–Trinajstić information content (AvgIpc) is 2.77. The molecule has 138 valence electrons. The zero-order valence-electron chi connectivity index (χ0n) is 15.1. The maximum absolute atomic E-state index is 14.2. The van der Waals surface area contributed by atoms with E-state index in [0.29, 0.717) is 38.5 Å². The van der Waals surface area contributed by atoms with E-state index >= 15 is 0 Å². The van der Waals surface area contributed by atoms with Crippen molar-refractivity contribution in [1.29, 1.82) is 0 Å². The van der Waals surface area contributed by atoms with Crippen molar-refractivity contribution in [2.45, 2.75) is 24.8 Å². The minimum absolute atomic E-state index is 0.125. The Morgan fingerprint density at radius 2 is 2.16 bits per heavy atom. The Balaban J connectivity index is 1.77. The number of ether oxygens (including phenoxy) is 1. The molecular formula is C18H27FN4O2. The molecule has 1 atom stereocenters. The molecule has 1 amide bonds. The summed E-state index contributed by atoms with van der Waals surface area (Å²) in [5, 5.41) is 0. The third-order valence-corrected chi connectivity index (χ3v) is 5.61. The minimum Gasteiger partial charge on any atom is -0.383 e. The fourth-order valence-electron chi connectivity index (χ4n) is 3.92. The summed E-state index contributed by atoms with van der Waals surface area (Å²) in [6.45, 7) is 4.18. The molecule has 0 radical (unpaired) electrons. The van der Waals surface area contributed by atoms with Crippen LogP contribution in [-0.2, 0) is 9.53 Å². The van der Waals surface area contributed by atoms with E-state index in [1.165, 1.54) is 6.07 Å². The molecule has 6 nitrogen and oxygen atoms in total. The molecule has 1 aromatic rings. The summed E-state index contributed by atoms with van der Waals surface area (Å²) in [7, 11) is 3.76. The van der Waals surface area contributed by atoms with Crippen molar-refractivity contribution in [3.8, 4) is 0 Å². The molecule has 0 aromatic carbocycles. The molecule has 0 saturated carbocycles. The predicted octanol–water partition coefficient (Wildman–Crippen LogP) is 1.37. The number of aromatic nitrogens is 1. The van der Waals surface area contributed by atoms with Gasteiger partial charge in [0.25, 0.3) is 0 Å². The molecule has 3 rings (SSSR count). The number of likely N-dealkylation sites (N-methyl/N-ethyl adjacent to an activating group) is 1. The first-order valence-corrected chi connectivity index (χ1v) is 8.89. The van der Waals surface area contributed by atoms with Gasteiger partial charge in [0.05, 0.1) is 6.61 Å². The average molecular weight is 350 g/mol. The number of carbonyl (C=O) groups excluding carboxylic acids is 1. The van der Waals surface area contributed by atoms with E-state index < -0.39 is 0 Å². The Morgan fingerprint density at radius 1 is 1.32 bits per heavy atom. The van der Waals surface area contributed by atoms with Gasteiger partial charge in [0, 0.05) is 58.0 Å². The van der Waals surface area contributed by atoms with Gasteiger partial charge in [-0.3, -0.25) is 9.69 Å². The molecule has 1 spiro atoms. The van der Waals surface area contributed by atoms with Gasteiger partial charge in [-0.25, -0.2) is 9.37 Å². The second-order valence-electron chi connectivity index (χ2n) is 7.00. The predicted molar refractivity (Wildman–Crippen MR) is 94.1 cm³/mol. The first kappa shape index (κ1) is 18.1. The highest BCUT2D eigenvalue weighted by atomic mass is 19.1. The largest absolute Gasteiger partial charge is 0.383 e. The van der Waals surface area contributed by atoms with Gasteiger partial charge in [-0.2, -0.15) is 0 Å². The molecule has 0 bridgehead atoms. The van der Waals surface area contributed by atoms with Gasteiger partial charge in [-0.1, -0.05) is 0 Å². The molecule has 3 heterocycles. The third-order valence-electron chi connectivity index (χ3n) is 5.61. The molecule has 2 aliphatic heterocycles. The summed E-state index contributed by atoms with van der Waals surface area (Å²) >= 11 is 0. The molecular weight excluding hydrogens is 323 g/mol. The monoisotopic (exact) mass is 350 g/mol. The Hall–Kier alpha value is -1.73. The van der Waals surface area contributed by atoms with Gasteiger partial charge in [0.15, 0.2) is 11.6 Å². The zero-order valence-corrected chi connectivity index (χ0v) is 15.1. The van der Waals surface area contributed by atoms with Crippen LogP contribution in [0, 0.1) is 5.82 Å². The SMILES string of the molecule is COCCN1CC[C@]2(CCC1=O)CN(c1ncccc1F)CCN2C. The van der Waals surface area contributed by atoms with Crippen molar-refractivity contribution in [3.05, 3.63) is 24.1 Å². The number of anilines is 1. The summed E-state index contributed by atoms with van der Waals surface area (Å²) in [6, 6.07) is 3.07. The van der Waals surface area contributed by atoms with Crippen molar-refractivity contribution in [2.75, 3.05) is 58.4 Å². The molecule has 0 N–H and O–H groups in total. The highest BCUT2D eigenvalue weighted by Crippen LogP contribution is 2.34. The van der Waals surface area contributed by atoms with E-state index in [-0.39, 0.29) is 17.3 Å².